The van der Waals surface area contributed by atoms with Crippen LogP contribution in [0.2, 0.25) is 0 Å². The summed E-state index contributed by atoms with van der Waals surface area (Å²) in [7, 11) is 0. The van der Waals surface area contributed by atoms with Crippen LogP contribution in [0.1, 0.15) is 36.5 Å². The quantitative estimate of drug-likeness (QED) is 0.802. The van der Waals surface area contributed by atoms with Gasteiger partial charge >= 0.3 is 5.97 Å². The number of hydrogen-bond acceptors (Lipinski definition) is 4. The van der Waals surface area contributed by atoms with Crippen molar-refractivity contribution in [1.82, 2.24) is 10.2 Å². The number of carbonyl (C=O) groups excluding carboxylic acids is 2. The van der Waals surface area contributed by atoms with Crippen molar-refractivity contribution in [2.75, 3.05) is 26.2 Å². The minimum atomic E-state index is -0.811. The van der Waals surface area contributed by atoms with Gasteiger partial charge in [-0.15, -0.1) is 0 Å². The SMILES string of the molecule is CCOc1ccc(C(=O)NCC(=O)N2C[C@@H]3CCC[C@@]3(C(=O)O)C2)cc1. The van der Waals surface area contributed by atoms with E-state index in [1.807, 2.05) is 6.92 Å². The molecule has 2 aliphatic rings. The Balaban J connectivity index is 1.54. The minimum absolute atomic E-state index is 0.0192. The number of nitrogens with zero attached hydrogens (tertiary/aromatic N) is 1. The smallest absolute Gasteiger partial charge is 0.311 e. The van der Waals surface area contributed by atoms with Crippen LogP contribution in [0.25, 0.3) is 0 Å². The third-order valence-corrected chi connectivity index (χ3v) is 5.48. The lowest BCUT2D eigenvalue weighted by Gasteiger charge is -2.23. The van der Waals surface area contributed by atoms with Gasteiger partial charge in [-0.1, -0.05) is 6.42 Å². The fraction of sp³-hybridized carbons (Fsp3) is 0.526. The van der Waals surface area contributed by atoms with Crippen LogP contribution >= 0.6 is 0 Å². The fourth-order valence-electron chi connectivity index (χ4n) is 4.07. The molecule has 2 fully saturated rings. The van der Waals surface area contributed by atoms with Gasteiger partial charge in [-0.3, -0.25) is 14.4 Å². The highest BCUT2D eigenvalue weighted by Crippen LogP contribution is 2.48. The van der Waals surface area contributed by atoms with Crippen LogP contribution < -0.4 is 10.1 Å². The molecule has 7 nitrogen and oxygen atoms in total. The first-order chi connectivity index (χ1) is 12.5. The van der Waals surface area contributed by atoms with E-state index < -0.39 is 11.4 Å². The molecule has 1 aliphatic heterocycles. The Morgan fingerprint density at radius 2 is 2.04 bits per heavy atom. The highest BCUT2D eigenvalue weighted by molar-refractivity contribution is 5.96. The Morgan fingerprint density at radius 3 is 2.65 bits per heavy atom. The van der Waals surface area contributed by atoms with Crippen molar-refractivity contribution in [2.24, 2.45) is 11.3 Å². The first-order valence-electron chi connectivity index (χ1n) is 8.98. The molecule has 0 aromatic heterocycles. The summed E-state index contributed by atoms with van der Waals surface area (Å²) in [6.07, 6.45) is 2.36. The summed E-state index contributed by atoms with van der Waals surface area (Å²) < 4.78 is 5.33. The average Bonchev–Trinajstić information content (AvgIpc) is 3.19. The van der Waals surface area contributed by atoms with E-state index in [9.17, 15) is 19.5 Å². The first kappa shape index (κ1) is 18.2. The average molecular weight is 360 g/mol. The fourth-order valence-corrected chi connectivity index (χ4v) is 4.07. The number of aliphatic carboxylic acids is 1. The Kier molecular flexibility index (Phi) is 5.15. The summed E-state index contributed by atoms with van der Waals surface area (Å²) in [5, 5.41) is 12.2. The van der Waals surface area contributed by atoms with Crippen LogP contribution in [0, 0.1) is 11.3 Å². The van der Waals surface area contributed by atoms with Crippen LogP contribution in [0.4, 0.5) is 0 Å². The number of rotatable bonds is 6. The molecule has 0 unspecified atom stereocenters. The lowest BCUT2D eigenvalue weighted by molar-refractivity contribution is -0.149. The molecule has 0 bridgehead atoms. The van der Waals surface area contributed by atoms with Crippen LogP contribution in [-0.2, 0) is 9.59 Å². The highest BCUT2D eigenvalue weighted by atomic mass is 16.5. The van der Waals surface area contributed by atoms with Crippen molar-refractivity contribution in [3.05, 3.63) is 29.8 Å². The molecule has 1 aromatic rings. The highest BCUT2D eigenvalue weighted by Gasteiger charge is 2.55. The summed E-state index contributed by atoms with van der Waals surface area (Å²) >= 11 is 0. The lowest BCUT2D eigenvalue weighted by atomic mass is 9.81. The predicted octanol–water partition coefficient (Wildman–Crippen LogP) is 1.53. The first-order valence-corrected chi connectivity index (χ1v) is 8.98. The van der Waals surface area contributed by atoms with E-state index >= 15 is 0 Å². The number of amides is 2. The number of benzene rings is 1. The van der Waals surface area contributed by atoms with Gasteiger partial charge < -0.3 is 20.1 Å². The van der Waals surface area contributed by atoms with Crippen LogP contribution in [-0.4, -0.2) is 54.0 Å². The number of carboxylic acids is 1. The monoisotopic (exact) mass is 360 g/mol. The maximum absolute atomic E-state index is 12.4. The van der Waals surface area contributed by atoms with Gasteiger partial charge in [-0.2, -0.15) is 0 Å². The molecular weight excluding hydrogens is 336 g/mol. The second kappa shape index (κ2) is 7.35. The summed E-state index contributed by atoms with van der Waals surface area (Å²) in [5.41, 5.74) is -0.351. The van der Waals surface area contributed by atoms with Crippen molar-refractivity contribution in [2.45, 2.75) is 26.2 Å². The number of carboxylic acid groups (broad SMARTS) is 1. The molecule has 7 heteroatoms. The molecule has 0 spiro atoms. The largest absolute Gasteiger partial charge is 0.494 e. The Bertz CT molecular complexity index is 702. The molecule has 1 aromatic carbocycles. The van der Waals surface area contributed by atoms with Crippen LogP contribution in [0.3, 0.4) is 0 Å². The molecule has 2 amide bonds. The summed E-state index contributed by atoms with van der Waals surface area (Å²) in [4.78, 5) is 37.9. The summed E-state index contributed by atoms with van der Waals surface area (Å²) in [5.74, 6) is -0.685. The van der Waals surface area contributed by atoms with Gasteiger partial charge in [0.2, 0.25) is 5.91 Å². The molecule has 2 atom stereocenters. The third-order valence-electron chi connectivity index (χ3n) is 5.48. The van der Waals surface area contributed by atoms with E-state index in [-0.39, 0.29) is 30.8 Å². The minimum Gasteiger partial charge on any atom is -0.494 e. The Hall–Kier alpha value is -2.57. The zero-order valence-electron chi connectivity index (χ0n) is 14.9. The zero-order chi connectivity index (χ0) is 18.7. The van der Waals surface area contributed by atoms with E-state index in [0.29, 0.717) is 30.9 Å². The molecule has 140 valence electrons. The van der Waals surface area contributed by atoms with Gasteiger partial charge in [0, 0.05) is 18.7 Å². The second-order valence-electron chi connectivity index (χ2n) is 6.96. The van der Waals surface area contributed by atoms with Gasteiger partial charge in [0.1, 0.15) is 5.75 Å². The van der Waals surface area contributed by atoms with Crippen molar-refractivity contribution in [3.8, 4) is 5.75 Å². The number of fused-ring (bicyclic) bond motifs is 1. The number of ether oxygens (including phenoxy) is 1. The maximum atomic E-state index is 12.4. The number of carbonyl (C=O) groups is 3. The van der Waals surface area contributed by atoms with Gasteiger partial charge in [-0.05, 0) is 49.9 Å². The summed E-state index contributed by atoms with van der Waals surface area (Å²) in [6, 6.07) is 6.70. The topological polar surface area (TPSA) is 95.9 Å². The molecule has 2 N–H and O–H groups in total. The standard InChI is InChI=1S/C19H24N2O5/c1-2-26-15-7-5-13(6-8-15)17(23)20-10-16(22)21-11-14-4-3-9-19(14,12-21)18(24)25/h5-8,14H,2-4,9-12H2,1H3,(H,20,23)(H,24,25)/t14-,19+/m0/s1. The molecule has 1 saturated carbocycles. The van der Waals surface area contributed by atoms with E-state index in [2.05, 4.69) is 5.32 Å². The van der Waals surface area contributed by atoms with Crippen molar-refractivity contribution in [3.63, 3.8) is 0 Å². The zero-order valence-corrected chi connectivity index (χ0v) is 14.9. The molecule has 1 saturated heterocycles. The van der Waals surface area contributed by atoms with Gasteiger partial charge in [0.05, 0.1) is 18.6 Å². The van der Waals surface area contributed by atoms with Crippen molar-refractivity contribution >= 4 is 17.8 Å². The number of likely N-dealkylation sites (tertiary alicyclic amines) is 1. The van der Waals surface area contributed by atoms with Gasteiger partial charge in [-0.25, -0.2) is 0 Å². The van der Waals surface area contributed by atoms with Crippen molar-refractivity contribution in [1.29, 1.82) is 0 Å². The second-order valence-corrected chi connectivity index (χ2v) is 6.96. The van der Waals surface area contributed by atoms with E-state index in [0.717, 1.165) is 12.8 Å². The summed E-state index contributed by atoms with van der Waals surface area (Å²) in [6.45, 7) is 3.01. The van der Waals surface area contributed by atoms with E-state index in [1.165, 1.54) is 0 Å². The molecular formula is C19H24N2O5. The predicted molar refractivity (Wildman–Crippen MR) is 93.9 cm³/mol. The van der Waals surface area contributed by atoms with E-state index in [4.69, 9.17) is 4.74 Å². The van der Waals surface area contributed by atoms with Gasteiger partial charge in [0.15, 0.2) is 0 Å². The molecule has 26 heavy (non-hydrogen) atoms. The number of nitrogens with one attached hydrogen (secondary N) is 1. The third kappa shape index (κ3) is 3.38. The molecule has 3 rings (SSSR count). The molecule has 1 aliphatic carbocycles. The van der Waals surface area contributed by atoms with Crippen molar-refractivity contribution < 1.29 is 24.2 Å². The lowest BCUT2D eigenvalue weighted by Crippen LogP contribution is -2.41. The Morgan fingerprint density at radius 1 is 1.31 bits per heavy atom. The van der Waals surface area contributed by atoms with Gasteiger partial charge in [0.25, 0.3) is 5.91 Å². The van der Waals surface area contributed by atoms with Crippen LogP contribution in [0.5, 0.6) is 5.75 Å². The number of hydrogen-bond donors (Lipinski definition) is 2. The normalized spacial score (nSPS) is 24.2. The molecule has 1 heterocycles. The molecule has 0 radical (unpaired) electrons. The Labute approximate surface area is 152 Å². The van der Waals surface area contributed by atoms with Crippen LogP contribution in [0.15, 0.2) is 24.3 Å². The van der Waals surface area contributed by atoms with E-state index in [1.54, 1.807) is 29.2 Å². The maximum Gasteiger partial charge on any atom is 0.311 e.